The van der Waals surface area contributed by atoms with Crippen LogP contribution in [0.25, 0.3) is 0 Å². The maximum absolute atomic E-state index is 12.9. The second-order valence-electron chi connectivity index (χ2n) is 5.26. The molecule has 4 heteroatoms. The molecular weight excluding hydrogens is 287 g/mol. The quantitative estimate of drug-likeness (QED) is 0.871. The maximum atomic E-state index is 12.9. The van der Waals surface area contributed by atoms with Crippen molar-refractivity contribution in [2.75, 3.05) is 20.6 Å². The summed E-state index contributed by atoms with van der Waals surface area (Å²) in [6.45, 7) is 1.48. The van der Waals surface area contributed by atoms with Gasteiger partial charge in [-0.25, -0.2) is 4.39 Å². The normalized spacial score (nSPS) is 12.6. The first-order chi connectivity index (χ1) is 10.1. The van der Waals surface area contributed by atoms with Crippen LogP contribution in [0.4, 0.5) is 4.39 Å². The number of hydrogen-bond acceptors (Lipinski definition) is 2. The molecule has 0 heterocycles. The van der Waals surface area contributed by atoms with Crippen molar-refractivity contribution in [3.05, 3.63) is 70.5 Å². The van der Waals surface area contributed by atoms with E-state index in [1.165, 1.54) is 12.1 Å². The Morgan fingerprint density at radius 3 is 2.38 bits per heavy atom. The van der Waals surface area contributed by atoms with Gasteiger partial charge in [0.05, 0.1) is 0 Å². The predicted octanol–water partition coefficient (Wildman–Crippen LogP) is 3.87. The SMILES string of the molecule is CN(C)C(CNCc1ccc(F)cc1)c1ccccc1Cl. The summed E-state index contributed by atoms with van der Waals surface area (Å²) in [6.07, 6.45) is 0. The largest absolute Gasteiger partial charge is 0.311 e. The Hall–Kier alpha value is -1.42. The van der Waals surface area contributed by atoms with Gasteiger partial charge < -0.3 is 10.2 Å². The van der Waals surface area contributed by atoms with E-state index in [2.05, 4.69) is 10.2 Å². The van der Waals surface area contributed by atoms with E-state index in [0.29, 0.717) is 6.54 Å². The number of nitrogens with zero attached hydrogens (tertiary/aromatic N) is 1. The van der Waals surface area contributed by atoms with Crippen LogP contribution >= 0.6 is 11.6 Å². The van der Waals surface area contributed by atoms with Gasteiger partial charge in [-0.2, -0.15) is 0 Å². The lowest BCUT2D eigenvalue weighted by Crippen LogP contribution is -2.31. The fraction of sp³-hybridized carbons (Fsp3) is 0.294. The highest BCUT2D eigenvalue weighted by Gasteiger charge is 2.16. The van der Waals surface area contributed by atoms with E-state index in [9.17, 15) is 4.39 Å². The third-order valence-corrected chi connectivity index (χ3v) is 3.81. The predicted molar refractivity (Wildman–Crippen MR) is 86.0 cm³/mol. The summed E-state index contributed by atoms with van der Waals surface area (Å²) >= 11 is 6.28. The average molecular weight is 307 g/mol. The first-order valence-corrected chi connectivity index (χ1v) is 7.31. The van der Waals surface area contributed by atoms with Gasteiger partial charge in [0, 0.05) is 24.2 Å². The lowest BCUT2D eigenvalue weighted by atomic mass is 10.1. The minimum atomic E-state index is -0.207. The lowest BCUT2D eigenvalue weighted by molar-refractivity contribution is 0.288. The Morgan fingerprint density at radius 1 is 1.10 bits per heavy atom. The van der Waals surface area contributed by atoms with Crippen molar-refractivity contribution < 1.29 is 4.39 Å². The van der Waals surface area contributed by atoms with Gasteiger partial charge in [0.2, 0.25) is 0 Å². The van der Waals surface area contributed by atoms with Gasteiger partial charge in [-0.05, 0) is 43.4 Å². The Balaban J connectivity index is 1.98. The second kappa shape index (κ2) is 7.55. The number of hydrogen-bond donors (Lipinski definition) is 1. The molecule has 0 aliphatic carbocycles. The molecule has 0 aliphatic rings. The Morgan fingerprint density at radius 2 is 1.76 bits per heavy atom. The molecule has 1 unspecified atom stereocenters. The van der Waals surface area contributed by atoms with E-state index < -0.39 is 0 Å². The molecule has 0 bridgehead atoms. The molecule has 0 fully saturated rings. The Kier molecular flexibility index (Phi) is 5.74. The fourth-order valence-electron chi connectivity index (χ4n) is 2.27. The van der Waals surface area contributed by atoms with Gasteiger partial charge in [-0.15, -0.1) is 0 Å². The van der Waals surface area contributed by atoms with E-state index in [-0.39, 0.29) is 11.9 Å². The summed E-state index contributed by atoms with van der Waals surface area (Å²) in [5.41, 5.74) is 2.17. The highest BCUT2D eigenvalue weighted by Crippen LogP contribution is 2.25. The second-order valence-corrected chi connectivity index (χ2v) is 5.67. The van der Waals surface area contributed by atoms with Gasteiger partial charge in [0.1, 0.15) is 5.82 Å². The summed E-state index contributed by atoms with van der Waals surface area (Å²) in [5.74, 6) is -0.207. The summed E-state index contributed by atoms with van der Waals surface area (Å²) in [4.78, 5) is 2.14. The van der Waals surface area contributed by atoms with Crippen LogP contribution in [-0.4, -0.2) is 25.5 Å². The summed E-state index contributed by atoms with van der Waals surface area (Å²) in [5, 5.41) is 4.18. The summed E-state index contributed by atoms with van der Waals surface area (Å²) in [7, 11) is 4.07. The minimum absolute atomic E-state index is 0.194. The standard InChI is InChI=1S/C17H20ClFN2/c1-21(2)17(15-5-3-4-6-16(15)18)12-20-11-13-7-9-14(19)10-8-13/h3-10,17,20H,11-12H2,1-2H3. The zero-order valence-corrected chi connectivity index (χ0v) is 13.1. The molecule has 2 rings (SSSR count). The van der Waals surface area contributed by atoms with Crippen molar-refractivity contribution in [2.45, 2.75) is 12.6 Å². The van der Waals surface area contributed by atoms with Crippen LogP contribution in [0.2, 0.25) is 5.02 Å². The van der Waals surface area contributed by atoms with Crippen molar-refractivity contribution in [2.24, 2.45) is 0 Å². The van der Waals surface area contributed by atoms with Crippen LogP contribution in [0.5, 0.6) is 0 Å². The molecule has 0 radical (unpaired) electrons. The highest BCUT2D eigenvalue weighted by molar-refractivity contribution is 6.31. The zero-order chi connectivity index (χ0) is 15.2. The summed E-state index contributed by atoms with van der Waals surface area (Å²) < 4.78 is 12.9. The van der Waals surface area contributed by atoms with Crippen LogP contribution in [0.15, 0.2) is 48.5 Å². The third kappa shape index (κ3) is 4.53. The van der Waals surface area contributed by atoms with Crippen LogP contribution in [0.3, 0.4) is 0 Å². The molecule has 0 spiro atoms. The smallest absolute Gasteiger partial charge is 0.123 e. The van der Waals surface area contributed by atoms with Crippen molar-refractivity contribution in [1.82, 2.24) is 10.2 Å². The van der Waals surface area contributed by atoms with Crippen LogP contribution in [0.1, 0.15) is 17.2 Å². The van der Waals surface area contributed by atoms with Crippen molar-refractivity contribution in [3.63, 3.8) is 0 Å². The molecule has 0 saturated heterocycles. The first kappa shape index (κ1) is 16.0. The molecule has 0 aliphatic heterocycles. The lowest BCUT2D eigenvalue weighted by Gasteiger charge is -2.26. The van der Waals surface area contributed by atoms with E-state index >= 15 is 0 Å². The maximum Gasteiger partial charge on any atom is 0.123 e. The molecule has 1 atom stereocenters. The first-order valence-electron chi connectivity index (χ1n) is 6.94. The van der Waals surface area contributed by atoms with E-state index in [1.54, 1.807) is 12.1 Å². The zero-order valence-electron chi connectivity index (χ0n) is 12.3. The van der Waals surface area contributed by atoms with Crippen LogP contribution < -0.4 is 5.32 Å². The Bertz CT molecular complexity index is 569. The minimum Gasteiger partial charge on any atom is -0.311 e. The van der Waals surface area contributed by atoms with Crippen molar-refractivity contribution in [1.29, 1.82) is 0 Å². The average Bonchev–Trinajstić information content (AvgIpc) is 2.46. The van der Waals surface area contributed by atoms with Crippen LogP contribution in [-0.2, 0) is 6.54 Å². The number of nitrogens with one attached hydrogen (secondary N) is 1. The molecule has 0 amide bonds. The molecule has 2 aromatic rings. The molecule has 2 aromatic carbocycles. The molecular formula is C17H20ClFN2. The number of halogens is 2. The molecule has 2 nitrogen and oxygen atoms in total. The number of likely N-dealkylation sites (N-methyl/N-ethyl adjacent to an activating group) is 1. The van der Waals surface area contributed by atoms with Gasteiger partial charge in [-0.3, -0.25) is 0 Å². The third-order valence-electron chi connectivity index (χ3n) is 3.47. The molecule has 112 valence electrons. The van der Waals surface area contributed by atoms with Crippen LogP contribution in [0, 0.1) is 5.82 Å². The number of rotatable bonds is 6. The molecule has 0 saturated carbocycles. The van der Waals surface area contributed by atoms with Crippen molar-refractivity contribution in [3.8, 4) is 0 Å². The molecule has 0 aromatic heterocycles. The summed E-state index contributed by atoms with van der Waals surface area (Å²) in [6, 6.07) is 14.6. The van der Waals surface area contributed by atoms with E-state index in [0.717, 1.165) is 22.7 Å². The number of benzene rings is 2. The topological polar surface area (TPSA) is 15.3 Å². The van der Waals surface area contributed by atoms with Gasteiger partial charge in [-0.1, -0.05) is 41.9 Å². The van der Waals surface area contributed by atoms with E-state index in [1.807, 2.05) is 38.4 Å². The molecule has 21 heavy (non-hydrogen) atoms. The van der Waals surface area contributed by atoms with Crippen molar-refractivity contribution >= 4 is 11.6 Å². The van der Waals surface area contributed by atoms with Gasteiger partial charge >= 0.3 is 0 Å². The van der Waals surface area contributed by atoms with Gasteiger partial charge in [0.15, 0.2) is 0 Å². The highest BCUT2D eigenvalue weighted by atomic mass is 35.5. The molecule has 1 N–H and O–H groups in total. The van der Waals surface area contributed by atoms with E-state index in [4.69, 9.17) is 11.6 Å². The Labute approximate surface area is 130 Å². The fourth-order valence-corrected chi connectivity index (χ4v) is 2.53. The van der Waals surface area contributed by atoms with Gasteiger partial charge in [0.25, 0.3) is 0 Å². The monoisotopic (exact) mass is 306 g/mol.